The van der Waals surface area contributed by atoms with Crippen LogP contribution in [0.15, 0.2) is 24.7 Å². The lowest BCUT2D eigenvalue weighted by Crippen LogP contribution is -2.49. The first-order chi connectivity index (χ1) is 16.9. The second-order valence-electron chi connectivity index (χ2n) is 9.77. The summed E-state index contributed by atoms with van der Waals surface area (Å²) in [5, 5.41) is 7.74. The standard InChI is InChI=1S/C25H37ClN6O3/c1-17(15-33-2)30-18-3-5-19(6-4-18)31-23-11-20(21(26)12-29-23)22-13-28-14-24(32-22)35-16-25(27)7-9-34-10-8-25/h11-14,17-19,30H,3-10,15-16,27H2,1-2H3,(H,29,31)/t17-,18?,19?/m0/s1. The molecule has 1 saturated carbocycles. The number of methoxy groups -OCH3 is 1. The fraction of sp³-hybridized carbons (Fsp3) is 0.640. The number of pyridine rings is 1. The quantitative estimate of drug-likeness (QED) is 0.447. The van der Waals surface area contributed by atoms with Gasteiger partial charge in [-0.15, -0.1) is 0 Å². The minimum Gasteiger partial charge on any atom is -0.475 e. The number of hydrogen-bond donors (Lipinski definition) is 3. The van der Waals surface area contributed by atoms with Gasteiger partial charge in [0.15, 0.2) is 0 Å². The zero-order valence-electron chi connectivity index (χ0n) is 20.6. The highest BCUT2D eigenvalue weighted by molar-refractivity contribution is 6.33. The number of aromatic nitrogens is 3. The number of ether oxygens (including phenoxy) is 3. The Hall–Kier alpha value is -2.04. The summed E-state index contributed by atoms with van der Waals surface area (Å²) in [6.45, 7) is 4.56. The third-order valence-corrected chi connectivity index (χ3v) is 7.06. The van der Waals surface area contributed by atoms with Crippen molar-refractivity contribution >= 4 is 17.4 Å². The van der Waals surface area contributed by atoms with Crippen molar-refractivity contribution < 1.29 is 14.2 Å². The average molecular weight is 505 g/mol. The van der Waals surface area contributed by atoms with Gasteiger partial charge in [0, 0.05) is 50.2 Å². The molecular weight excluding hydrogens is 468 g/mol. The molecule has 0 amide bonds. The molecule has 1 aliphatic carbocycles. The van der Waals surface area contributed by atoms with Crippen molar-refractivity contribution in [3.05, 3.63) is 29.7 Å². The van der Waals surface area contributed by atoms with Gasteiger partial charge in [0.05, 0.1) is 35.3 Å². The van der Waals surface area contributed by atoms with Gasteiger partial charge in [0.2, 0.25) is 5.88 Å². The number of hydrogen-bond acceptors (Lipinski definition) is 9. The summed E-state index contributed by atoms with van der Waals surface area (Å²) >= 11 is 6.49. The lowest BCUT2D eigenvalue weighted by molar-refractivity contribution is 0.0335. The Kier molecular flexibility index (Phi) is 9.13. The van der Waals surface area contributed by atoms with Crippen LogP contribution in [0.1, 0.15) is 45.4 Å². The summed E-state index contributed by atoms with van der Waals surface area (Å²) in [7, 11) is 1.74. The Morgan fingerprint density at radius 2 is 1.91 bits per heavy atom. The maximum atomic E-state index is 6.49. The van der Waals surface area contributed by atoms with E-state index >= 15 is 0 Å². The smallest absolute Gasteiger partial charge is 0.232 e. The van der Waals surface area contributed by atoms with Crippen molar-refractivity contribution in [1.29, 1.82) is 0 Å². The van der Waals surface area contributed by atoms with Gasteiger partial charge in [-0.05, 0) is 51.5 Å². The van der Waals surface area contributed by atoms with E-state index in [9.17, 15) is 0 Å². The van der Waals surface area contributed by atoms with Crippen LogP contribution in [-0.4, -0.2) is 72.2 Å². The predicted molar refractivity (Wildman–Crippen MR) is 137 cm³/mol. The zero-order chi connectivity index (χ0) is 24.7. The van der Waals surface area contributed by atoms with E-state index in [0.29, 0.717) is 54.5 Å². The third-order valence-electron chi connectivity index (χ3n) is 6.76. The highest BCUT2D eigenvalue weighted by atomic mass is 35.5. The molecule has 1 aliphatic heterocycles. The topological polar surface area (TPSA) is 116 Å². The van der Waals surface area contributed by atoms with Crippen LogP contribution in [0.4, 0.5) is 5.82 Å². The van der Waals surface area contributed by atoms with Crippen LogP contribution in [-0.2, 0) is 9.47 Å². The SMILES string of the molecule is COC[C@H](C)NC1CCC(Nc2cc(-c3cncc(OCC4(N)CCOCC4)n3)c(Cl)cn2)CC1. The second kappa shape index (κ2) is 12.3. The Morgan fingerprint density at radius 1 is 1.17 bits per heavy atom. The summed E-state index contributed by atoms with van der Waals surface area (Å²) in [4.78, 5) is 13.4. The van der Waals surface area contributed by atoms with Gasteiger partial charge >= 0.3 is 0 Å². The highest BCUT2D eigenvalue weighted by Crippen LogP contribution is 2.30. The third kappa shape index (κ3) is 7.47. The van der Waals surface area contributed by atoms with Crippen LogP contribution >= 0.6 is 11.6 Å². The fourth-order valence-corrected chi connectivity index (χ4v) is 4.92. The van der Waals surface area contributed by atoms with Gasteiger partial charge in [-0.1, -0.05) is 11.6 Å². The van der Waals surface area contributed by atoms with Crippen molar-refractivity contribution in [1.82, 2.24) is 20.3 Å². The molecule has 9 nitrogen and oxygen atoms in total. The number of rotatable bonds is 10. The lowest BCUT2D eigenvalue weighted by Gasteiger charge is -2.32. The normalized spacial score (nSPS) is 23.0. The summed E-state index contributed by atoms with van der Waals surface area (Å²) in [6, 6.07) is 3.19. The highest BCUT2D eigenvalue weighted by Gasteiger charge is 2.29. The minimum absolute atomic E-state index is 0.364. The number of anilines is 1. The Bertz CT molecular complexity index is 951. The van der Waals surface area contributed by atoms with Crippen molar-refractivity contribution in [3.63, 3.8) is 0 Å². The van der Waals surface area contributed by atoms with Crippen molar-refractivity contribution in [2.75, 3.05) is 38.9 Å². The molecule has 2 aromatic heterocycles. The maximum Gasteiger partial charge on any atom is 0.232 e. The largest absolute Gasteiger partial charge is 0.475 e. The first-order valence-corrected chi connectivity index (χ1v) is 12.8. The van der Waals surface area contributed by atoms with Gasteiger partial charge < -0.3 is 30.6 Å². The van der Waals surface area contributed by atoms with E-state index in [1.807, 2.05) is 6.07 Å². The molecular formula is C25H37ClN6O3. The molecule has 3 heterocycles. The van der Waals surface area contributed by atoms with Gasteiger partial charge in [-0.2, -0.15) is 0 Å². The number of nitrogens with two attached hydrogens (primary N) is 1. The van der Waals surface area contributed by atoms with E-state index in [2.05, 4.69) is 32.5 Å². The van der Waals surface area contributed by atoms with Crippen LogP contribution in [0.5, 0.6) is 5.88 Å². The molecule has 0 aromatic carbocycles. The molecule has 0 radical (unpaired) electrons. The first-order valence-electron chi connectivity index (χ1n) is 12.4. The Balaban J connectivity index is 1.36. The summed E-state index contributed by atoms with van der Waals surface area (Å²) in [6.07, 6.45) is 10.8. The fourth-order valence-electron chi connectivity index (χ4n) is 4.72. The number of nitrogens with zero attached hydrogens (tertiary/aromatic N) is 3. The molecule has 1 atom stereocenters. The second-order valence-corrected chi connectivity index (χ2v) is 10.2. The molecule has 4 N–H and O–H groups in total. The zero-order valence-corrected chi connectivity index (χ0v) is 21.4. The average Bonchev–Trinajstić information content (AvgIpc) is 2.86. The van der Waals surface area contributed by atoms with Gasteiger partial charge in [-0.25, -0.2) is 9.97 Å². The molecule has 2 fully saturated rings. The van der Waals surface area contributed by atoms with Crippen molar-refractivity contribution in [2.45, 2.75) is 69.1 Å². The van der Waals surface area contributed by atoms with E-state index in [0.717, 1.165) is 56.5 Å². The molecule has 4 rings (SSSR count). The van der Waals surface area contributed by atoms with E-state index < -0.39 is 5.54 Å². The molecule has 10 heteroatoms. The van der Waals surface area contributed by atoms with E-state index in [1.165, 1.54) is 0 Å². The molecule has 0 bridgehead atoms. The molecule has 2 aliphatic rings. The molecule has 192 valence electrons. The molecule has 0 unspecified atom stereocenters. The molecule has 0 spiro atoms. The van der Waals surface area contributed by atoms with E-state index in [1.54, 1.807) is 25.7 Å². The van der Waals surface area contributed by atoms with E-state index in [4.69, 9.17) is 31.5 Å². The monoisotopic (exact) mass is 504 g/mol. The van der Waals surface area contributed by atoms with Gasteiger partial charge in [0.1, 0.15) is 12.4 Å². The Morgan fingerprint density at radius 3 is 2.66 bits per heavy atom. The van der Waals surface area contributed by atoms with Crippen molar-refractivity contribution in [2.24, 2.45) is 5.73 Å². The molecule has 2 aromatic rings. The van der Waals surface area contributed by atoms with Crippen LogP contribution in [0, 0.1) is 0 Å². The summed E-state index contributed by atoms with van der Waals surface area (Å²) in [5.41, 5.74) is 7.43. The van der Waals surface area contributed by atoms with Crippen LogP contribution < -0.4 is 21.1 Å². The molecule has 1 saturated heterocycles. The maximum absolute atomic E-state index is 6.49. The summed E-state index contributed by atoms with van der Waals surface area (Å²) < 4.78 is 16.6. The molecule has 35 heavy (non-hydrogen) atoms. The summed E-state index contributed by atoms with van der Waals surface area (Å²) in [5.74, 6) is 1.21. The first kappa shape index (κ1) is 26.0. The van der Waals surface area contributed by atoms with Crippen molar-refractivity contribution in [3.8, 4) is 17.1 Å². The van der Waals surface area contributed by atoms with E-state index in [-0.39, 0.29) is 0 Å². The predicted octanol–water partition coefficient (Wildman–Crippen LogP) is 3.43. The van der Waals surface area contributed by atoms with Crippen LogP contribution in [0.3, 0.4) is 0 Å². The number of halogens is 1. The lowest BCUT2D eigenvalue weighted by atomic mass is 9.90. The van der Waals surface area contributed by atoms with Gasteiger partial charge in [-0.3, -0.25) is 4.98 Å². The number of nitrogens with one attached hydrogen (secondary N) is 2. The Labute approximate surface area is 212 Å². The van der Waals surface area contributed by atoms with Crippen LogP contribution in [0.2, 0.25) is 5.02 Å². The van der Waals surface area contributed by atoms with Crippen LogP contribution in [0.25, 0.3) is 11.3 Å². The van der Waals surface area contributed by atoms with Gasteiger partial charge in [0.25, 0.3) is 0 Å². The minimum atomic E-state index is -0.405.